The van der Waals surface area contributed by atoms with Gasteiger partial charge in [-0.3, -0.25) is 19.1 Å². The van der Waals surface area contributed by atoms with E-state index in [2.05, 4.69) is 35.3 Å². The van der Waals surface area contributed by atoms with Gasteiger partial charge in [-0.05, 0) is 91.6 Å². The first-order chi connectivity index (χ1) is 35.9. The highest BCUT2D eigenvalue weighted by Crippen LogP contribution is 2.42. The highest BCUT2D eigenvalue weighted by molar-refractivity contribution is 7.92. The number of fused-ring (bicyclic) bond motifs is 5. The van der Waals surface area contributed by atoms with Crippen molar-refractivity contribution in [1.29, 1.82) is 0 Å². The number of H-pyrrole nitrogens is 1. The van der Waals surface area contributed by atoms with Gasteiger partial charge in [-0.25, -0.2) is 41.5 Å². The number of anilines is 2. The third-order valence-corrected chi connectivity index (χ3v) is 14.1. The minimum Gasteiger partial charge on any atom is -0.478 e. The van der Waals surface area contributed by atoms with Gasteiger partial charge in [-0.15, -0.1) is 0 Å². The number of carboxylic acids is 1. The number of carbonyl (C=O) groups excluding carboxylic acids is 3. The van der Waals surface area contributed by atoms with E-state index in [4.69, 9.17) is 4.42 Å². The van der Waals surface area contributed by atoms with Crippen molar-refractivity contribution in [3.8, 4) is 33.6 Å². The molecule has 7 aromatic rings. The van der Waals surface area contributed by atoms with Crippen LogP contribution in [0, 0.1) is 11.6 Å². The molecule has 0 unspecified atom stereocenters. The number of sulfonamides is 1. The van der Waals surface area contributed by atoms with Crippen LogP contribution in [0.3, 0.4) is 0 Å². The van der Waals surface area contributed by atoms with Crippen LogP contribution in [0.1, 0.15) is 73.4 Å². The normalized spacial score (nSPS) is 11.6. The SMILES string of the molecule is CCCS(=O)(=O)Nc1ccc(F)c(C(=O)c2ccc3[nH]c4ncc(-c5cnc(C(=O)NCCCCNC(=O)c6ccc(-c7c8ccc(=[N+](C)C)cc-8oc8cc(N(C)C)ccc78)c(C(=O)O)c6)nc5)cc4c3c2)c1F. The van der Waals surface area contributed by atoms with Gasteiger partial charge in [0.05, 0.1) is 28.6 Å². The van der Waals surface area contributed by atoms with E-state index in [1.807, 2.05) is 74.1 Å². The van der Waals surface area contributed by atoms with Gasteiger partial charge in [-0.1, -0.05) is 13.0 Å². The second kappa shape index (κ2) is 20.9. The van der Waals surface area contributed by atoms with Crippen molar-refractivity contribution in [3.05, 3.63) is 155 Å². The summed E-state index contributed by atoms with van der Waals surface area (Å²) >= 11 is 0. The molecule has 0 radical (unpaired) electrons. The van der Waals surface area contributed by atoms with Crippen molar-refractivity contribution in [2.75, 3.05) is 56.7 Å². The number of hydrogen-bond acceptors (Lipinski definition) is 11. The highest BCUT2D eigenvalue weighted by Gasteiger charge is 2.26. The molecule has 2 aliphatic rings. The highest BCUT2D eigenvalue weighted by atomic mass is 32.2. The molecule has 75 heavy (non-hydrogen) atoms. The summed E-state index contributed by atoms with van der Waals surface area (Å²) in [4.78, 5) is 70.9. The Balaban J connectivity index is 0.824. The lowest BCUT2D eigenvalue weighted by Crippen LogP contribution is -2.28. The molecule has 0 fully saturated rings. The topological polar surface area (TPSA) is 233 Å². The lowest BCUT2D eigenvalue weighted by Gasteiger charge is -2.19. The van der Waals surface area contributed by atoms with Crippen LogP contribution in [0.2, 0.25) is 0 Å². The number of aromatic amines is 1. The molecule has 17 nitrogen and oxygen atoms in total. The number of unbranched alkanes of at least 4 members (excludes halogenated alkanes) is 1. The maximum Gasteiger partial charge on any atom is 0.336 e. The van der Waals surface area contributed by atoms with Gasteiger partial charge in [0.15, 0.2) is 11.6 Å². The Bertz CT molecular complexity index is 3930. The number of aromatic nitrogens is 4. The third-order valence-electron chi connectivity index (χ3n) is 12.6. The lowest BCUT2D eigenvalue weighted by atomic mass is 9.89. The molecular formula is C55H50F2N9O8S+. The van der Waals surface area contributed by atoms with Crippen LogP contribution in [-0.2, 0) is 10.0 Å². The smallest absolute Gasteiger partial charge is 0.336 e. The van der Waals surface area contributed by atoms with Crippen LogP contribution in [0.25, 0.3) is 66.5 Å². The van der Waals surface area contributed by atoms with Crippen molar-refractivity contribution in [2.45, 2.75) is 26.2 Å². The Kier molecular flexibility index (Phi) is 14.2. The number of nitrogens with one attached hydrogen (secondary N) is 4. The van der Waals surface area contributed by atoms with E-state index in [1.165, 1.54) is 30.6 Å². The van der Waals surface area contributed by atoms with Gasteiger partial charge in [-0.2, -0.15) is 0 Å². The Morgan fingerprint density at radius 2 is 1.47 bits per heavy atom. The predicted octanol–water partition coefficient (Wildman–Crippen LogP) is 8.09. The summed E-state index contributed by atoms with van der Waals surface area (Å²) in [6.07, 6.45) is 5.74. The maximum atomic E-state index is 15.5. The molecule has 0 atom stereocenters. The van der Waals surface area contributed by atoms with Crippen LogP contribution in [-0.4, -0.2) is 104 Å². The first-order valence-corrected chi connectivity index (χ1v) is 25.5. The van der Waals surface area contributed by atoms with Crippen LogP contribution in [0.5, 0.6) is 0 Å². The van der Waals surface area contributed by atoms with E-state index in [0.29, 0.717) is 68.4 Å². The van der Waals surface area contributed by atoms with Crippen molar-refractivity contribution in [1.82, 2.24) is 35.1 Å². The predicted molar refractivity (Wildman–Crippen MR) is 283 cm³/mol. The van der Waals surface area contributed by atoms with Crippen LogP contribution in [0.4, 0.5) is 20.2 Å². The standard InChI is InChI=1S/C55H49F2N9O8S/c1-6-21-75(72,73)64-44-18-16-42(56)48(49(44)57)50(67)30-10-17-43-39(22-30)40-24-32(27-60-51(40)63-43)33-28-61-52(62-29-33)54(69)59-20-8-7-19-58-53(68)31-9-13-36(41(23-31)55(70)71)47-37-14-11-34(65(2)3)25-45(37)74-46-26-35(66(4)5)12-15-38(46)47/h9-18,22-29,64H,6-8,19-21H2,1-5H3,(H3-,58,59,60,63,67,68,69,70,71)/p+1. The molecule has 0 bridgehead atoms. The van der Waals surface area contributed by atoms with E-state index in [1.54, 1.807) is 37.4 Å². The molecule has 5 N–H and O–H groups in total. The first-order valence-electron chi connectivity index (χ1n) is 23.8. The van der Waals surface area contributed by atoms with E-state index >= 15 is 4.39 Å². The molecule has 9 rings (SSSR count). The summed E-state index contributed by atoms with van der Waals surface area (Å²) in [7, 11) is 3.76. The Hall–Kier alpha value is -8.91. The van der Waals surface area contributed by atoms with Gasteiger partial charge in [0.25, 0.3) is 11.8 Å². The van der Waals surface area contributed by atoms with Crippen LogP contribution < -0.4 is 30.2 Å². The zero-order valence-corrected chi connectivity index (χ0v) is 42.2. The number of hydrogen-bond donors (Lipinski definition) is 5. The number of rotatable bonds is 17. The summed E-state index contributed by atoms with van der Waals surface area (Å²) in [5.41, 5.74) is 4.07. The number of carboxylic acid groups (broad SMARTS) is 1. The van der Waals surface area contributed by atoms with Crippen molar-refractivity contribution in [2.24, 2.45) is 0 Å². The molecule has 0 saturated carbocycles. The molecular weight excluding hydrogens is 985 g/mol. The average molecular weight is 1040 g/mol. The summed E-state index contributed by atoms with van der Waals surface area (Å²) in [6, 6.07) is 24.1. The number of carbonyl (C=O) groups is 4. The van der Waals surface area contributed by atoms with Gasteiger partial charge in [0.1, 0.15) is 36.9 Å². The molecule has 382 valence electrons. The second-order valence-corrected chi connectivity index (χ2v) is 20.1. The molecule has 20 heteroatoms. The minimum absolute atomic E-state index is 0.0446. The molecule has 0 spiro atoms. The zero-order valence-electron chi connectivity index (χ0n) is 41.3. The minimum atomic E-state index is -3.93. The van der Waals surface area contributed by atoms with Crippen molar-refractivity contribution < 1.29 is 45.9 Å². The summed E-state index contributed by atoms with van der Waals surface area (Å²) in [6.45, 7) is 2.14. The van der Waals surface area contributed by atoms with E-state index in [9.17, 15) is 37.1 Å². The van der Waals surface area contributed by atoms with Gasteiger partial charge < -0.3 is 30.0 Å². The van der Waals surface area contributed by atoms with Crippen LogP contribution in [0.15, 0.2) is 114 Å². The summed E-state index contributed by atoms with van der Waals surface area (Å²) in [5.74, 6) is -5.44. The number of benzene rings is 5. The molecule has 0 saturated heterocycles. The molecule has 4 aromatic carbocycles. The quantitative estimate of drug-likeness (QED) is 0.0252. The Morgan fingerprint density at radius 3 is 2.17 bits per heavy atom. The molecule has 1 aliphatic heterocycles. The Morgan fingerprint density at radius 1 is 0.760 bits per heavy atom. The maximum absolute atomic E-state index is 15.5. The fourth-order valence-electron chi connectivity index (χ4n) is 8.77. The molecule has 4 heterocycles. The van der Waals surface area contributed by atoms with Crippen LogP contribution >= 0.6 is 0 Å². The zero-order chi connectivity index (χ0) is 53.3. The summed E-state index contributed by atoms with van der Waals surface area (Å²) < 4.78 is 65.6. The molecule has 1 aliphatic carbocycles. The van der Waals surface area contributed by atoms with E-state index < -0.39 is 56.5 Å². The Labute approximate surface area is 428 Å². The second-order valence-electron chi connectivity index (χ2n) is 18.2. The lowest BCUT2D eigenvalue weighted by molar-refractivity contribution is 0.0697. The number of amides is 2. The van der Waals surface area contributed by atoms with Crippen molar-refractivity contribution >= 4 is 77.9 Å². The van der Waals surface area contributed by atoms with Gasteiger partial charge in [0, 0.05) is 119 Å². The number of pyridine rings is 1. The average Bonchev–Trinajstić information content (AvgIpc) is 3.77. The fraction of sp³-hybridized carbons (Fsp3) is 0.200. The van der Waals surface area contributed by atoms with Gasteiger partial charge in [0.2, 0.25) is 21.2 Å². The number of halogens is 2. The number of aromatic carboxylic acids is 1. The monoisotopic (exact) mass is 1030 g/mol. The van der Waals surface area contributed by atoms with Gasteiger partial charge >= 0.3 is 5.97 Å². The van der Waals surface area contributed by atoms with E-state index in [-0.39, 0.29) is 47.8 Å². The number of ketones is 1. The first kappa shape index (κ1) is 51.0. The molecule has 3 aromatic heterocycles. The number of nitrogens with zero attached hydrogens (tertiary/aromatic N) is 5. The third kappa shape index (κ3) is 10.5. The molecule has 2 amide bonds. The van der Waals surface area contributed by atoms with Crippen molar-refractivity contribution in [3.63, 3.8) is 0 Å². The largest absolute Gasteiger partial charge is 0.478 e. The summed E-state index contributed by atoms with van der Waals surface area (Å²) in [5, 5.41) is 18.8. The fourth-order valence-corrected chi connectivity index (χ4v) is 9.90. The van der Waals surface area contributed by atoms with E-state index in [0.717, 1.165) is 34.1 Å².